The van der Waals surface area contributed by atoms with Gasteiger partial charge >= 0.3 is 0 Å². The van der Waals surface area contributed by atoms with Crippen molar-refractivity contribution in [1.82, 2.24) is 10.3 Å². The van der Waals surface area contributed by atoms with Crippen LogP contribution in [0.2, 0.25) is 0 Å². The monoisotopic (exact) mass is 426 g/mol. The van der Waals surface area contributed by atoms with Crippen LogP contribution in [-0.2, 0) is 14.4 Å². The fourth-order valence-electron chi connectivity index (χ4n) is 2.77. The Kier molecular flexibility index (Phi) is 7.07. The summed E-state index contributed by atoms with van der Waals surface area (Å²) >= 11 is 0. The molecule has 0 radical (unpaired) electrons. The molecule has 0 spiro atoms. The molecule has 0 aliphatic heterocycles. The van der Waals surface area contributed by atoms with Gasteiger partial charge in [-0.1, -0.05) is 13.0 Å². The third kappa shape index (κ3) is 6.43. The van der Waals surface area contributed by atoms with Gasteiger partial charge in [0, 0.05) is 29.9 Å². The average molecular weight is 426 g/mol. The van der Waals surface area contributed by atoms with Crippen LogP contribution in [0.1, 0.15) is 26.7 Å². The molecule has 9 nitrogen and oxygen atoms in total. The smallest absolute Gasteiger partial charge is 0.258 e. The van der Waals surface area contributed by atoms with Crippen LogP contribution in [-0.4, -0.2) is 40.5 Å². The molecule has 4 N–H and O–H groups in total. The Morgan fingerprint density at radius 1 is 1.16 bits per heavy atom. The average Bonchev–Trinajstić information content (AvgIpc) is 3.59. The number of aromatic hydroxyl groups is 1. The predicted octanol–water partition coefficient (Wildman–Crippen LogP) is 2.29. The van der Waals surface area contributed by atoms with Gasteiger partial charge in [0.25, 0.3) is 5.91 Å². The zero-order valence-corrected chi connectivity index (χ0v) is 17.4. The number of benzene rings is 1. The number of carbonyl (C=O) groups is 3. The van der Waals surface area contributed by atoms with Crippen LogP contribution >= 0.6 is 0 Å². The quantitative estimate of drug-likeness (QED) is 0.487. The van der Waals surface area contributed by atoms with Crippen molar-refractivity contribution in [2.45, 2.75) is 32.7 Å². The van der Waals surface area contributed by atoms with Crippen LogP contribution < -0.4 is 20.7 Å². The van der Waals surface area contributed by atoms with Gasteiger partial charge in [-0.3, -0.25) is 14.4 Å². The summed E-state index contributed by atoms with van der Waals surface area (Å²) < 4.78 is 5.51. The summed E-state index contributed by atoms with van der Waals surface area (Å²) in [5.41, 5.74) is 0.617. The van der Waals surface area contributed by atoms with E-state index in [-0.39, 0.29) is 41.8 Å². The molecule has 0 saturated heterocycles. The molecular weight excluding hydrogens is 400 g/mol. The number of anilines is 2. The lowest BCUT2D eigenvalue weighted by atomic mass is 10.0. The van der Waals surface area contributed by atoms with Gasteiger partial charge in [-0.05, 0) is 44.0 Å². The van der Waals surface area contributed by atoms with Crippen LogP contribution in [0.5, 0.6) is 11.5 Å². The molecule has 2 unspecified atom stereocenters. The molecule has 9 heteroatoms. The zero-order chi connectivity index (χ0) is 22.4. The normalized spacial score (nSPS) is 14.8. The second-order valence-corrected chi connectivity index (χ2v) is 7.59. The molecule has 1 saturated carbocycles. The largest absolute Gasteiger partial charge is 0.504 e. The third-order valence-electron chi connectivity index (χ3n) is 5.00. The second-order valence-electron chi connectivity index (χ2n) is 7.59. The Morgan fingerprint density at radius 3 is 2.65 bits per heavy atom. The highest BCUT2D eigenvalue weighted by molar-refractivity contribution is 5.94. The van der Waals surface area contributed by atoms with Gasteiger partial charge in [0.15, 0.2) is 18.2 Å². The Balaban J connectivity index is 1.45. The lowest BCUT2D eigenvalue weighted by molar-refractivity contribution is -0.125. The summed E-state index contributed by atoms with van der Waals surface area (Å²) in [5.74, 6) is -0.882. The number of nitrogens with one attached hydrogen (secondary N) is 3. The fraction of sp³-hybridized carbons (Fsp3) is 0.364. The van der Waals surface area contributed by atoms with Crippen molar-refractivity contribution in [3.8, 4) is 11.5 Å². The molecule has 0 bridgehead atoms. The van der Waals surface area contributed by atoms with Crippen LogP contribution in [0.4, 0.5) is 11.5 Å². The number of carbonyl (C=O) groups excluding carboxylic acids is 3. The van der Waals surface area contributed by atoms with Gasteiger partial charge in [0.2, 0.25) is 11.8 Å². The molecule has 1 aliphatic rings. The topological polar surface area (TPSA) is 130 Å². The first kappa shape index (κ1) is 22.1. The van der Waals surface area contributed by atoms with Crippen molar-refractivity contribution in [2.75, 3.05) is 17.2 Å². The molecule has 3 amide bonds. The molecule has 1 heterocycles. The van der Waals surface area contributed by atoms with E-state index in [0.717, 1.165) is 12.8 Å². The second kappa shape index (κ2) is 9.92. The molecular formula is C22H26N4O5. The van der Waals surface area contributed by atoms with E-state index in [0.29, 0.717) is 11.4 Å². The number of aromatic nitrogens is 1. The zero-order valence-electron chi connectivity index (χ0n) is 17.4. The van der Waals surface area contributed by atoms with E-state index >= 15 is 0 Å². The van der Waals surface area contributed by atoms with Crippen LogP contribution in [0.25, 0.3) is 0 Å². The number of hydrogen-bond acceptors (Lipinski definition) is 6. The van der Waals surface area contributed by atoms with Crippen molar-refractivity contribution in [2.24, 2.45) is 11.8 Å². The molecule has 2 aromatic rings. The highest BCUT2D eigenvalue weighted by Gasteiger charge is 2.29. The third-order valence-corrected chi connectivity index (χ3v) is 5.00. The van der Waals surface area contributed by atoms with E-state index in [2.05, 4.69) is 20.9 Å². The van der Waals surface area contributed by atoms with Crippen LogP contribution in [0.3, 0.4) is 0 Å². The first-order valence-electron chi connectivity index (χ1n) is 10.1. The van der Waals surface area contributed by atoms with E-state index in [1.165, 1.54) is 12.3 Å². The van der Waals surface area contributed by atoms with Gasteiger partial charge in [0.05, 0.1) is 5.92 Å². The number of pyridine rings is 1. The molecule has 31 heavy (non-hydrogen) atoms. The summed E-state index contributed by atoms with van der Waals surface area (Å²) in [5, 5.41) is 17.8. The van der Waals surface area contributed by atoms with Crippen molar-refractivity contribution in [3.05, 3.63) is 42.6 Å². The van der Waals surface area contributed by atoms with Crippen molar-refractivity contribution in [3.63, 3.8) is 0 Å². The van der Waals surface area contributed by atoms with Gasteiger partial charge in [0.1, 0.15) is 5.75 Å². The number of ether oxygens (including phenoxy) is 1. The maximum Gasteiger partial charge on any atom is 0.258 e. The first-order valence-corrected chi connectivity index (χ1v) is 10.1. The lowest BCUT2D eigenvalue weighted by Crippen LogP contribution is -2.43. The summed E-state index contributed by atoms with van der Waals surface area (Å²) in [6.07, 6.45) is 3.29. The summed E-state index contributed by atoms with van der Waals surface area (Å²) in [7, 11) is 0. The van der Waals surface area contributed by atoms with Crippen molar-refractivity contribution < 1.29 is 24.2 Å². The Labute approximate surface area is 180 Å². The van der Waals surface area contributed by atoms with E-state index in [4.69, 9.17) is 4.74 Å². The van der Waals surface area contributed by atoms with E-state index < -0.39 is 12.0 Å². The van der Waals surface area contributed by atoms with Crippen molar-refractivity contribution in [1.29, 1.82) is 0 Å². The minimum atomic E-state index is -0.577. The van der Waals surface area contributed by atoms with Crippen molar-refractivity contribution >= 4 is 29.2 Å². The Morgan fingerprint density at radius 2 is 1.94 bits per heavy atom. The van der Waals surface area contributed by atoms with E-state index in [1.54, 1.807) is 44.2 Å². The molecule has 1 aliphatic carbocycles. The molecule has 164 valence electrons. The van der Waals surface area contributed by atoms with Crippen LogP contribution in [0.15, 0.2) is 42.6 Å². The van der Waals surface area contributed by atoms with Gasteiger partial charge < -0.3 is 25.8 Å². The standard InChI is InChI=1S/C22H26N4O5/c1-13(21(29)26-20-18(27)7-4-10-23-20)14(2)24-19(28)12-31-17-6-3-5-16(11-17)25-22(30)15-8-9-15/h3-7,10-11,13-15,27H,8-9,12H2,1-2H3,(H,24,28)(H,25,30)(H,23,26,29). The van der Waals surface area contributed by atoms with Gasteiger partial charge in [-0.15, -0.1) is 0 Å². The summed E-state index contributed by atoms with van der Waals surface area (Å²) in [6, 6.07) is 9.33. The number of amides is 3. The minimum absolute atomic E-state index is 0.00463. The molecule has 3 rings (SSSR count). The molecule has 1 fully saturated rings. The lowest BCUT2D eigenvalue weighted by Gasteiger charge is -2.21. The highest BCUT2D eigenvalue weighted by atomic mass is 16.5. The molecule has 2 atom stereocenters. The Hall–Kier alpha value is -3.62. The van der Waals surface area contributed by atoms with E-state index in [1.807, 2.05) is 0 Å². The number of hydrogen-bond donors (Lipinski definition) is 4. The minimum Gasteiger partial charge on any atom is -0.504 e. The molecule has 1 aromatic carbocycles. The number of rotatable bonds is 9. The van der Waals surface area contributed by atoms with Gasteiger partial charge in [-0.2, -0.15) is 0 Å². The summed E-state index contributed by atoms with van der Waals surface area (Å²) in [4.78, 5) is 40.4. The van der Waals surface area contributed by atoms with E-state index in [9.17, 15) is 19.5 Å². The maximum atomic E-state index is 12.4. The first-order chi connectivity index (χ1) is 14.8. The van der Waals surface area contributed by atoms with Crippen LogP contribution in [0, 0.1) is 11.8 Å². The Bertz CT molecular complexity index is 960. The highest BCUT2D eigenvalue weighted by Crippen LogP contribution is 2.30. The fourth-order valence-corrected chi connectivity index (χ4v) is 2.77. The SMILES string of the molecule is CC(NC(=O)COc1cccc(NC(=O)C2CC2)c1)C(C)C(=O)Nc1ncccc1O. The molecule has 1 aromatic heterocycles. The maximum absolute atomic E-state index is 12.4. The van der Waals surface area contributed by atoms with Gasteiger partial charge in [-0.25, -0.2) is 4.98 Å². The number of nitrogens with zero attached hydrogens (tertiary/aromatic N) is 1. The predicted molar refractivity (Wildman–Crippen MR) is 115 cm³/mol. The summed E-state index contributed by atoms with van der Waals surface area (Å²) in [6.45, 7) is 3.13.